The monoisotopic (exact) mass is 456 g/mol. The molecule has 0 aliphatic carbocycles. The normalized spacial score (nSPS) is 11.1. The summed E-state index contributed by atoms with van der Waals surface area (Å²) in [6.45, 7) is 3.68. The van der Waals surface area contributed by atoms with Crippen LogP contribution >= 0.6 is 0 Å². The minimum absolute atomic E-state index is 0.108. The Morgan fingerprint density at radius 3 is 2.31 bits per heavy atom. The van der Waals surface area contributed by atoms with Crippen LogP contribution in [0.5, 0.6) is 5.75 Å². The maximum atomic E-state index is 13.3. The molecule has 0 bridgehead atoms. The molecular formula is C24H25FN2O4S. The summed E-state index contributed by atoms with van der Waals surface area (Å²) in [5.74, 6) is -0.356. The molecule has 0 heterocycles. The van der Waals surface area contributed by atoms with Crippen LogP contribution in [0.25, 0.3) is 0 Å². The smallest absolute Gasteiger partial charge is 0.264 e. The van der Waals surface area contributed by atoms with Gasteiger partial charge in [0.15, 0.2) is 0 Å². The topological polar surface area (TPSA) is 75.7 Å². The van der Waals surface area contributed by atoms with Crippen molar-refractivity contribution in [3.05, 3.63) is 89.7 Å². The first kappa shape index (κ1) is 23.3. The zero-order chi connectivity index (χ0) is 23.1. The van der Waals surface area contributed by atoms with Gasteiger partial charge in [-0.1, -0.05) is 29.8 Å². The lowest BCUT2D eigenvalue weighted by Crippen LogP contribution is -2.42. The molecule has 3 rings (SSSR count). The summed E-state index contributed by atoms with van der Waals surface area (Å²) in [6.07, 6.45) is 0. The summed E-state index contributed by atoms with van der Waals surface area (Å²) in [5, 5.41) is 2.67. The highest BCUT2D eigenvalue weighted by Gasteiger charge is 2.27. The Balaban J connectivity index is 1.70. The fraction of sp³-hybridized carbons (Fsp3) is 0.208. The predicted octanol–water partition coefficient (Wildman–Crippen LogP) is 3.83. The van der Waals surface area contributed by atoms with Gasteiger partial charge in [0.05, 0.1) is 17.1 Å². The third-order valence-electron chi connectivity index (χ3n) is 4.69. The molecule has 168 valence electrons. The van der Waals surface area contributed by atoms with E-state index in [1.54, 1.807) is 30.3 Å². The number of sulfonamides is 1. The maximum absolute atomic E-state index is 13.3. The van der Waals surface area contributed by atoms with E-state index in [1.165, 1.54) is 36.4 Å². The quantitative estimate of drug-likeness (QED) is 0.497. The molecule has 32 heavy (non-hydrogen) atoms. The van der Waals surface area contributed by atoms with Gasteiger partial charge in [0, 0.05) is 0 Å². The van der Waals surface area contributed by atoms with E-state index in [2.05, 4.69) is 5.32 Å². The lowest BCUT2D eigenvalue weighted by Gasteiger charge is -2.24. The summed E-state index contributed by atoms with van der Waals surface area (Å²) < 4.78 is 46.1. The number of nitrogens with zero attached hydrogens (tertiary/aromatic N) is 1. The number of aryl methyl sites for hydroxylation is 2. The maximum Gasteiger partial charge on any atom is 0.264 e. The van der Waals surface area contributed by atoms with Gasteiger partial charge in [0.2, 0.25) is 5.91 Å². The Morgan fingerprint density at radius 1 is 0.969 bits per heavy atom. The molecule has 1 amide bonds. The Labute approximate surface area is 187 Å². The molecule has 0 aromatic heterocycles. The largest absolute Gasteiger partial charge is 0.492 e. The van der Waals surface area contributed by atoms with Crippen molar-refractivity contribution in [1.29, 1.82) is 0 Å². The average molecular weight is 457 g/mol. The van der Waals surface area contributed by atoms with E-state index in [9.17, 15) is 17.6 Å². The minimum Gasteiger partial charge on any atom is -0.492 e. The average Bonchev–Trinajstić information content (AvgIpc) is 2.76. The molecule has 0 fully saturated rings. The molecule has 0 saturated carbocycles. The van der Waals surface area contributed by atoms with Gasteiger partial charge in [-0.05, 0) is 67.9 Å². The van der Waals surface area contributed by atoms with E-state index in [-0.39, 0.29) is 30.4 Å². The van der Waals surface area contributed by atoms with E-state index in [0.717, 1.165) is 15.4 Å². The lowest BCUT2D eigenvalue weighted by molar-refractivity contribution is -0.119. The van der Waals surface area contributed by atoms with Crippen LogP contribution in [0.3, 0.4) is 0 Å². The molecule has 3 aromatic rings. The second-order valence-corrected chi connectivity index (χ2v) is 9.18. The van der Waals surface area contributed by atoms with Crippen LogP contribution in [0.15, 0.2) is 77.7 Å². The standard InChI is InChI=1S/C24H25FN2O4S/c1-18-6-12-23(13-7-18)32(29,30)27(21-5-3-4-19(2)16-21)17-24(28)26-14-15-31-22-10-8-20(25)9-11-22/h3-13,16H,14-15,17H2,1-2H3,(H,26,28). The number of halogens is 1. The van der Waals surface area contributed by atoms with Gasteiger partial charge in [-0.3, -0.25) is 9.10 Å². The highest BCUT2D eigenvalue weighted by atomic mass is 32.2. The highest BCUT2D eigenvalue weighted by Crippen LogP contribution is 2.24. The van der Waals surface area contributed by atoms with Crippen LogP contribution in [0, 0.1) is 19.7 Å². The van der Waals surface area contributed by atoms with Crippen molar-refractivity contribution in [2.24, 2.45) is 0 Å². The third-order valence-corrected chi connectivity index (χ3v) is 6.48. The van der Waals surface area contributed by atoms with Crippen LogP contribution in [0.1, 0.15) is 11.1 Å². The first-order valence-electron chi connectivity index (χ1n) is 10.1. The Hall–Kier alpha value is -3.39. The van der Waals surface area contributed by atoms with E-state index < -0.39 is 15.9 Å². The Morgan fingerprint density at radius 2 is 1.66 bits per heavy atom. The predicted molar refractivity (Wildman–Crippen MR) is 122 cm³/mol. The van der Waals surface area contributed by atoms with Gasteiger partial charge < -0.3 is 10.1 Å². The molecule has 6 nitrogen and oxygen atoms in total. The zero-order valence-corrected chi connectivity index (χ0v) is 18.7. The third kappa shape index (κ3) is 6.07. The molecule has 3 aromatic carbocycles. The molecular weight excluding hydrogens is 431 g/mol. The molecule has 1 N–H and O–H groups in total. The number of nitrogens with one attached hydrogen (secondary N) is 1. The SMILES string of the molecule is Cc1ccc(S(=O)(=O)N(CC(=O)NCCOc2ccc(F)cc2)c2cccc(C)c2)cc1. The van der Waals surface area contributed by atoms with E-state index in [1.807, 2.05) is 19.9 Å². The van der Waals surface area contributed by atoms with Gasteiger partial charge in [-0.15, -0.1) is 0 Å². The summed E-state index contributed by atoms with van der Waals surface area (Å²) in [6, 6.07) is 19.0. The van der Waals surface area contributed by atoms with Crippen molar-refractivity contribution < 1.29 is 22.3 Å². The highest BCUT2D eigenvalue weighted by molar-refractivity contribution is 7.92. The number of rotatable bonds is 9. The van der Waals surface area contributed by atoms with Crippen LogP contribution in [0.4, 0.5) is 10.1 Å². The number of carbonyl (C=O) groups is 1. The Bertz CT molecular complexity index is 1160. The molecule has 0 saturated heterocycles. The summed E-state index contributed by atoms with van der Waals surface area (Å²) in [5.41, 5.74) is 2.22. The van der Waals surface area contributed by atoms with Gasteiger partial charge >= 0.3 is 0 Å². The molecule has 0 spiro atoms. The summed E-state index contributed by atoms with van der Waals surface area (Å²) in [7, 11) is -3.95. The molecule has 0 atom stereocenters. The van der Waals surface area contributed by atoms with Crippen molar-refractivity contribution in [2.45, 2.75) is 18.7 Å². The van der Waals surface area contributed by atoms with Gasteiger partial charge in [0.1, 0.15) is 24.7 Å². The Kier molecular flexibility index (Phi) is 7.48. The number of carbonyl (C=O) groups excluding carboxylic acids is 1. The summed E-state index contributed by atoms with van der Waals surface area (Å²) in [4.78, 5) is 12.7. The number of anilines is 1. The number of ether oxygens (including phenoxy) is 1. The number of hydrogen-bond donors (Lipinski definition) is 1. The second-order valence-electron chi connectivity index (χ2n) is 7.32. The molecule has 0 radical (unpaired) electrons. The van der Waals surface area contributed by atoms with Crippen molar-refractivity contribution in [1.82, 2.24) is 5.32 Å². The molecule has 8 heteroatoms. The van der Waals surface area contributed by atoms with Crippen molar-refractivity contribution >= 4 is 21.6 Å². The summed E-state index contributed by atoms with van der Waals surface area (Å²) >= 11 is 0. The minimum atomic E-state index is -3.95. The van der Waals surface area contributed by atoms with Crippen LogP contribution in [0.2, 0.25) is 0 Å². The van der Waals surface area contributed by atoms with Crippen LogP contribution in [-0.2, 0) is 14.8 Å². The number of amides is 1. The molecule has 0 unspecified atom stereocenters. The lowest BCUT2D eigenvalue weighted by atomic mass is 10.2. The van der Waals surface area contributed by atoms with Gasteiger partial charge in [-0.25, -0.2) is 12.8 Å². The van der Waals surface area contributed by atoms with Crippen molar-refractivity contribution in [3.8, 4) is 5.75 Å². The first-order valence-corrected chi connectivity index (χ1v) is 11.5. The van der Waals surface area contributed by atoms with Crippen LogP contribution in [-0.4, -0.2) is 34.0 Å². The van der Waals surface area contributed by atoms with Crippen LogP contribution < -0.4 is 14.4 Å². The van der Waals surface area contributed by atoms with E-state index in [4.69, 9.17) is 4.74 Å². The molecule has 0 aliphatic rings. The fourth-order valence-corrected chi connectivity index (χ4v) is 4.42. The number of hydrogen-bond acceptors (Lipinski definition) is 4. The number of benzene rings is 3. The molecule has 0 aliphatic heterocycles. The fourth-order valence-electron chi connectivity index (χ4n) is 3.01. The second kappa shape index (κ2) is 10.3. The van der Waals surface area contributed by atoms with Crippen molar-refractivity contribution in [2.75, 3.05) is 24.0 Å². The van der Waals surface area contributed by atoms with E-state index in [0.29, 0.717) is 11.4 Å². The zero-order valence-electron chi connectivity index (χ0n) is 17.9. The van der Waals surface area contributed by atoms with Crippen molar-refractivity contribution in [3.63, 3.8) is 0 Å². The van der Waals surface area contributed by atoms with Gasteiger partial charge in [-0.2, -0.15) is 0 Å². The first-order chi connectivity index (χ1) is 15.3. The van der Waals surface area contributed by atoms with Gasteiger partial charge in [0.25, 0.3) is 10.0 Å². The van der Waals surface area contributed by atoms with E-state index >= 15 is 0 Å².